The van der Waals surface area contributed by atoms with Crippen LogP contribution in [0, 0.1) is 0 Å². The lowest BCUT2D eigenvalue weighted by Crippen LogP contribution is -2.30. The van der Waals surface area contributed by atoms with Crippen molar-refractivity contribution in [2.75, 3.05) is 13.2 Å². The highest BCUT2D eigenvalue weighted by atomic mass is 16.6. The van der Waals surface area contributed by atoms with E-state index in [9.17, 15) is 14.4 Å². The standard InChI is InChI=1S/C54H90O6/c1-4-7-10-13-16-19-22-24-26-27-28-30-32-35-38-41-44-47-53(56)59-50-51(49-58-52(55)46-43-40-37-34-31-21-18-15-12-9-6-3)60-54(57)48-45-42-39-36-33-29-25-23-20-17-14-11-8-5-2/h9,12,16,18-19,21,24,26,28,30,34-35,37-38,51H,4-8,10-11,13-15,17,20,22-23,25,27,29,31-33,36,39-50H2,1-3H3/b12-9-,19-16-,21-18-,26-24-,30-28-,37-34-,38-35-. The van der Waals surface area contributed by atoms with Crippen LogP contribution in [0.1, 0.15) is 220 Å². The summed E-state index contributed by atoms with van der Waals surface area (Å²) in [4.78, 5) is 37.8. The molecular weight excluding hydrogens is 745 g/mol. The van der Waals surface area contributed by atoms with Crippen LogP contribution < -0.4 is 0 Å². The van der Waals surface area contributed by atoms with Crippen molar-refractivity contribution in [1.29, 1.82) is 0 Å². The molecule has 0 spiro atoms. The summed E-state index contributed by atoms with van der Waals surface area (Å²) in [6.07, 6.45) is 61.5. The molecule has 0 radical (unpaired) electrons. The number of carbonyl (C=O) groups excluding carboxylic acids is 3. The van der Waals surface area contributed by atoms with E-state index in [1.54, 1.807) is 0 Å². The molecule has 0 saturated carbocycles. The highest BCUT2D eigenvalue weighted by molar-refractivity contribution is 5.71. The van der Waals surface area contributed by atoms with Crippen LogP contribution in [-0.4, -0.2) is 37.2 Å². The molecule has 0 aromatic rings. The summed E-state index contributed by atoms with van der Waals surface area (Å²) in [5.74, 6) is -1.03. The topological polar surface area (TPSA) is 78.9 Å². The predicted octanol–water partition coefficient (Wildman–Crippen LogP) is 16.0. The molecule has 342 valence electrons. The highest BCUT2D eigenvalue weighted by Gasteiger charge is 2.19. The number of ether oxygens (including phenoxy) is 3. The van der Waals surface area contributed by atoms with Crippen molar-refractivity contribution in [2.45, 2.75) is 226 Å². The Morgan fingerprint density at radius 2 is 0.667 bits per heavy atom. The first-order valence-electron chi connectivity index (χ1n) is 24.6. The van der Waals surface area contributed by atoms with Crippen molar-refractivity contribution in [1.82, 2.24) is 0 Å². The molecule has 0 aromatic carbocycles. The molecule has 0 amide bonds. The van der Waals surface area contributed by atoms with Gasteiger partial charge in [-0.2, -0.15) is 0 Å². The molecule has 0 saturated heterocycles. The average molecular weight is 835 g/mol. The Morgan fingerprint density at radius 1 is 0.350 bits per heavy atom. The lowest BCUT2D eigenvalue weighted by atomic mass is 10.0. The molecule has 0 rings (SSSR count). The first-order chi connectivity index (χ1) is 29.5. The maximum absolute atomic E-state index is 12.8. The molecule has 0 aliphatic carbocycles. The van der Waals surface area contributed by atoms with Crippen molar-refractivity contribution >= 4 is 17.9 Å². The summed E-state index contributed by atoms with van der Waals surface area (Å²) in [5.41, 5.74) is 0. The fraction of sp³-hybridized carbons (Fsp3) is 0.685. The van der Waals surface area contributed by atoms with E-state index < -0.39 is 6.10 Å². The molecule has 0 aliphatic heterocycles. The third kappa shape index (κ3) is 45.7. The van der Waals surface area contributed by atoms with E-state index in [1.807, 2.05) is 0 Å². The van der Waals surface area contributed by atoms with Gasteiger partial charge in [-0.3, -0.25) is 14.4 Å². The molecule has 0 fully saturated rings. The van der Waals surface area contributed by atoms with Gasteiger partial charge < -0.3 is 14.2 Å². The first kappa shape index (κ1) is 56.6. The third-order valence-electron chi connectivity index (χ3n) is 10.1. The maximum Gasteiger partial charge on any atom is 0.306 e. The van der Waals surface area contributed by atoms with Gasteiger partial charge in [0.2, 0.25) is 0 Å². The van der Waals surface area contributed by atoms with Gasteiger partial charge in [0.05, 0.1) is 0 Å². The molecule has 0 aromatic heterocycles. The summed E-state index contributed by atoms with van der Waals surface area (Å²) < 4.78 is 16.7. The maximum atomic E-state index is 12.8. The van der Waals surface area contributed by atoms with Crippen molar-refractivity contribution in [2.24, 2.45) is 0 Å². The van der Waals surface area contributed by atoms with E-state index in [1.165, 1.54) is 96.3 Å². The summed E-state index contributed by atoms with van der Waals surface area (Å²) in [5, 5.41) is 0. The molecule has 0 N–H and O–H groups in total. The Balaban J connectivity index is 4.51. The van der Waals surface area contributed by atoms with Gasteiger partial charge in [-0.25, -0.2) is 0 Å². The monoisotopic (exact) mass is 835 g/mol. The minimum absolute atomic E-state index is 0.119. The zero-order valence-corrected chi connectivity index (χ0v) is 38.9. The van der Waals surface area contributed by atoms with Gasteiger partial charge in [-0.15, -0.1) is 0 Å². The SMILES string of the molecule is CC/C=C\C/C=C\C/C=C\CCCC(=O)OCC(COC(=O)CCC/C=C\C/C=C\C/C=C\C/C=C\CCCCC)OC(=O)CCCCCCCCCCCCCCCC. The normalized spacial score (nSPS) is 12.8. The van der Waals surface area contributed by atoms with Crippen LogP contribution in [0.3, 0.4) is 0 Å². The van der Waals surface area contributed by atoms with Gasteiger partial charge in [0, 0.05) is 19.3 Å². The predicted molar refractivity (Wildman–Crippen MR) is 256 cm³/mol. The number of allylic oxidation sites excluding steroid dienone is 14. The summed E-state index contributed by atoms with van der Waals surface area (Å²) in [6.45, 7) is 6.39. The van der Waals surface area contributed by atoms with Gasteiger partial charge in [-0.05, 0) is 83.5 Å². The van der Waals surface area contributed by atoms with Crippen LogP contribution in [0.15, 0.2) is 85.1 Å². The molecule has 0 heterocycles. The Bertz CT molecular complexity index is 1190. The fourth-order valence-corrected chi connectivity index (χ4v) is 6.46. The van der Waals surface area contributed by atoms with E-state index in [4.69, 9.17) is 14.2 Å². The zero-order chi connectivity index (χ0) is 43.7. The number of carbonyl (C=O) groups is 3. The Morgan fingerprint density at radius 3 is 1.07 bits per heavy atom. The lowest BCUT2D eigenvalue weighted by molar-refractivity contribution is -0.167. The molecule has 0 aliphatic rings. The Hall–Kier alpha value is -3.41. The Labute approximate surface area is 369 Å². The second-order valence-electron chi connectivity index (χ2n) is 16.0. The van der Waals surface area contributed by atoms with Gasteiger partial charge in [0.1, 0.15) is 13.2 Å². The van der Waals surface area contributed by atoms with E-state index in [2.05, 4.69) is 106 Å². The van der Waals surface area contributed by atoms with Gasteiger partial charge >= 0.3 is 17.9 Å². The quantitative estimate of drug-likeness (QED) is 0.0263. The van der Waals surface area contributed by atoms with Crippen molar-refractivity contribution < 1.29 is 28.6 Å². The number of hydrogen-bond acceptors (Lipinski definition) is 6. The molecule has 1 atom stereocenters. The van der Waals surface area contributed by atoms with Crippen LogP contribution in [0.5, 0.6) is 0 Å². The number of hydrogen-bond donors (Lipinski definition) is 0. The van der Waals surface area contributed by atoms with E-state index in [0.717, 1.165) is 70.6 Å². The Kier molecular flexibility index (Phi) is 45.5. The average Bonchev–Trinajstić information content (AvgIpc) is 3.24. The smallest absolute Gasteiger partial charge is 0.306 e. The molecule has 1 unspecified atom stereocenters. The largest absolute Gasteiger partial charge is 0.462 e. The molecule has 60 heavy (non-hydrogen) atoms. The van der Waals surface area contributed by atoms with E-state index >= 15 is 0 Å². The second kappa shape index (κ2) is 48.3. The van der Waals surface area contributed by atoms with Crippen molar-refractivity contribution in [3.63, 3.8) is 0 Å². The summed E-state index contributed by atoms with van der Waals surface area (Å²) in [6, 6.07) is 0. The van der Waals surface area contributed by atoms with Crippen LogP contribution in [0.25, 0.3) is 0 Å². The van der Waals surface area contributed by atoms with E-state index in [-0.39, 0.29) is 44.0 Å². The minimum atomic E-state index is -0.815. The second-order valence-corrected chi connectivity index (χ2v) is 16.0. The van der Waals surface area contributed by atoms with Crippen LogP contribution >= 0.6 is 0 Å². The van der Waals surface area contributed by atoms with Crippen molar-refractivity contribution in [3.8, 4) is 0 Å². The number of unbranched alkanes of at least 4 members (excludes halogenated alkanes) is 18. The summed E-state index contributed by atoms with van der Waals surface area (Å²) >= 11 is 0. The number of rotatable bonds is 43. The first-order valence-corrected chi connectivity index (χ1v) is 24.6. The minimum Gasteiger partial charge on any atom is -0.462 e. The third-order valence-corrected chi connectivity index (χ3v) is 10.1. The van der Waals surface area contributed by atoms with Gasteiger partial charge in [0.25, 0.3) is 0 Å². The zero-order valence-electron chi connectivity index (χ0n) is 38.9. The lowest BCUT2D eigenvalue weighted by Gasteiger charge is -2.18. The number of esters is 3. The van der Waals surface area contributed by atoms with Gasteiger partial charge in [-0.1, -0.05) is 202 Å². The van der Waals surface area contributed by atoms with Gasteiger partial charge in [0.15, 0.2) is 6.10 Å². The highest BCUT2D eigenvalue weighted by Crippen LogP contribution is 2.14. The molecular formula is C54H90O6. The van der Waals surface area contributed by atoms with Crippen LogP contribution in [0.4, 0.5) is 0 Å². The summed E-state index contributed by atoms with van der Waals surface area (Å²) in [7, 11) is 0. The molecule has 6 heteroatoms. The van der Waals surface area contributed by atoms with E-state index in [0.29, 0.717) is 19.3 Å². The van der Waals surface area contributed by atoms with Crippen molar-refractivity contribution in [3.05, 3.63) is 85.1 Å². The van der Waals surface area contributed by atoms with Crippen LogP contribution in [0.2, 0.25) is 0 Å². The molecule has 0 bridgehead atoms. The molecule has 6 nitrogen and oxygen atoms in total. The van der Waals surface area contributed by atoms with Crippen LogP contribution in [-0.2, 0) is 28.6 Å². The fourth-order valence-electron chi connectivity index (χ4n) is 6.46.